The van der Waals surface area contributed by atoms with Gasteiger partial charge in [-0.3, -0.25) is 0 Å². The quantitative estimate of drug-likeness (QED) is 0.694. The van der Waals surface area contributed by atoms with E-state index in [1.54, 1.807) is 6.07 Å². The molecule has 0 saturated carbocycles. The minimum absolute atomic E-state index is 0.190. The molecular formula is C19H12N2O2S2. The lowest BCUT2D eigenvalue weighted by Crippen LogP contribution is -1.95. The maximum Gasteiger partial charge on any atom is 0.346 e. The summed E-state index contributed by atoms with van der Waals surface area (Å²) in [5.41, 5.74) is 3.13. The largest absolute Gasteiger partial charge is 0.477 e. The zero-order chi connectivity index (χ0) is 18.0. The van der Waals surface area contributed by atoms with Crippen LogP contribution in [0.25, 0.3) is 21.6 Å². The van der Waals surface area contributed by atoms with E-state index in [1.165, 1.54) is 11.3 Å². The normalized spacial score (nSPS) is 10.2. The Kier molecular flexibility index (Phi) is 4.67. The van der Waals surface area contributed by atoms with E-state index in [-0.39, 0.29) is 4.88 Å². The second kappa shape index (κ2) is 6.90. The molecular weight excluding hydrogens is 352 g/mol. The molecule has 4 nitrogen and oxygen atoms in total. The molecule has 0 aliphatic rings. The summed E-state index contributed by atoms with van der Waals surface area (Å²) in [6, 6.07) is 13.4. The van der Waals surface area contributed by atoms with Gasteiger partial charge in [-0.2, -0.15) is 10.5 Å². The monoisotopic (exact) mass is 364 g/mol. The van der Waals surface area contributed by atoms with E-state index < -0.39 is 5.97 Å². The first-order chi connectivity index (χ1) is 12.1. The van der Waals surface area contributed by atoms with Crippen LogP contribution in [0.15, 0.2) is 35.7 Å². The fraction of sp³-hybridized carbons (Fsp3) is 0.105. The summed E-state index contributed by atoms with van der Waals surface area (Å²) >= 11 is 2.64. The summed E-state index contributed by atoms with van der Waals surface area (Å²) in [5, 5.41) is 30.0. The minimum Gasteiger partial charge on any atom is -0.477 e. The fourth-order valence-corrected chi connectivity index (χ4v) is 4.58. The Morgan fingerprint density at radius 2 is 1.80 bits per heavy atom. The Bertz CT molecular complexity index is 1030. The van der Waals surface area contributed by atoms with Crippen LogP contribution in [0, 0.1) is 22.7 Å². The van der Waals surface area contributed by atoms with E-state index in [1.807, 2.05) is 36.6 Å². The number of carbonyl (C=O) groups is 1. The van der Waals surface area contributed by atoms with Crippen molar-refractivity contribution in [1.29, 1.82) is 10.5 Å². The third-order valence-corrected chi connectivity index (χ3v) is 6.12. The lowest BCUT2D eigenvalue weighted by atomic mass is 9.98. The lowest BCUT2D eigenvalue weighted by molar-refractivity contribution is 0.0703. The average Bonchev–Trinajstić information content (AvgIpc) is 3.25. The predicted octanol–water partition coefficient (Wildman–Crippen LogP) is 5.15. The Morgan fingerprint density at radius 1 is 1.12 bits per heavy atom. The Balaban J connectivity index is 2.13. The number of hydrogen-bond acceptors (Lipinski definition) is 5. The van der Waals surface area contributed by atoms with Crippen LogP contribution in [0.4, 0.5) is 0 Å². The van der Waals surface area contributed by atoms with Gasteiger partial charge in [0.25, 0.3) is 0 Å². The van der Waals surface area contributed by atoms with Crippen molar-refractivity contribution >= 4 is 28.6 Å². The second-order valence-corrected chi connectivity index (χ2v) is 7.25. The zero-order valence-corrected chi connectivity index (χ0v) is 14.9. The van der Waals surface area contributed by atoms with Crippen LogP contribution in [0.1, 0.15) is 32.6 Å². The van der Waals surface area contributed by atoms with Gasteiger partial charge in [-0.25, -0.2) is 4.79 Å². The van der Waals surface area contributed by atoms with Crippen LogP contribution in [0.3, 0.4) is 0 Å². The van der Waals surface area contributed by atoms with Crippen molar-refractivity contribution in [3.05, 3.63) is 56.6 Å². The highest BCUT2D eigenvalue weighted by Crippen LogP contribution is 2.38. The molecule has 0 saturated heterocycles. The topological polar surface area (TPSA) is 84.9 Å². The van der Waals surface area contributed by atoms with Gasteiger partial charge in [-0.05, 0) is 29.0 Å². The van der Waals surface area contributed by atoms with Crippen molar-refractivity contribution < 1.29 is 9.90 Å². The number of nitrogens with zero attached hydrogens (tertiary/aromatic N) is 2. The van der Waals surface area contributed by atoms with E-state index >= 15 is 0 Å². The third kappa shape index (κ3) is 2.94. The molecule has 0 aliphatic heterocycles. The van der Waals surface area contributed by atoms with E-state index in [9.17, 15) is 15.2 Å². The molecule has 1 N–H and O–H groups in total. The van der Waals surface area contributed by atoms with E-state index in [2.05, 4.69) is 12.1 Å². The first-order valence-corrected chi connectivity index (χ1v) is 9.17. The van der Waals surface area contributed by atoms with Gasteiger partial charge in [0.1, 0.15) is 17.0 Å². The summed E-state index contributed by atoms with van der Waals surface area (Å²) in [6.45, 7) is 1.91. The molecule has 0 atom stereocenters. The minimum atomic E-state index is -1.02. The number of rotatable bonds is 4. The van der Waals surface area contributed by atoms with Gasteiger partial charge in [0.2, 0.25) is 0 Å². The van der Waals surface area contributed by atoms with Crippen molar-refractivity contribution in [2.75, 3.05) is 0 Å². The van der Waals surface area contributed by atoms with Gasteiger partial charge in [0.05, 0.1) is 16.0 Å². The maximum atomic E-state index is 11.6. The number of carboxylic acid groups (broad SMARTS) is 1. The number of nitriles is 2. The molecule has 3 aromatic rings. The van der Waals surface area contributed by atoms with Crippen LogP contribution < -0.4 is 0 Å². The number of benzene rings is 1. The summed E-state index contributed by atoms with van der Waals surface area (Å²) in [4.78, 5) is 13.4. The van der Waals surface area contributed by atoms with Crippen LogP contribution in [-0.2, 0) is 6.42 Å². The molecule has 3 rings (SSSR count). The molecule has 25 heavy (non-hydrogen) atoms. The summed E-state index contributed by atoms with van der Waals surface area (Å²) in [6.07, 6.45) is 0.618. The first-order valence-electron chi connectivity index (χ1n) is 7.48. The highest BCUT2D eigenvalue weighted by molar-refractivity contribution is 7.14. The van der Waals surface area contributed by atoms with Crippen molar-refractivity contribution in [3.63, 3.8) is 0 Å². The van der Waals surface area contributed by atoms with Crippen LogP contribution >= 0.6 is 22.7 Å². The molecule has 6 heteroatoms. The van der Waals surface area contributed by atoms with Crippen molar-refractivity contribution in [3.8, 4) is 33.7 Å². The van der Waals surface area contributed by atoms with Crippen molar-refractivity contribution in [2.45, 2.75) is 13.3 Å². The van der Waals surface area contributed by atoms with Gasteiger partial charge in [0.15, 0.2) is 0 Å². The Morgan fingerprint density at radius 3 is 2.36 bits per heavy atom. The van der Waals surface area contributed by atoms with Crippen molar-refractivity contribution in [1.82, 2.24) is 0 Å². The lowest BCUT2D eigenvalue weighted by Gasteiger charge is -2.05. The van der Waals surface area contributed by atoms with Crippen LogP contribution in [0.5, 0.6) is 0 Å². The van der Waals surface area contributed by atoms with Gasteiger partial charge < -0.3 is 5.11 Å². The van der Waals surface area contributed by atoms with Gasteiger partial charge in [-0.1, -0.05) is 31.2 Å². The summed E-state index contributed by atoms with van der Waals surface area (Å²) < 4.78 is 0. The molecule has 122 valence electrons. The number of carboxylic acids is 1. The molecule has 0 aliphatic carbocycles. The molecule has 0 radical (unpaired) electrons. The molecule has 0 fully saturated rings. The molecule has 0 bridgehead atoms. The third-order valence-electron chi connectivity index (χ3n) is 3.83. The van der Waals surface area contributed by atoms with Crippen LogP contribution in [-0.4, -0.2) is 11.1 Å². The molecule has 2 aromatic heterocycles. The highest BCUT2D eigenvalue weighted by Gasteiger charge is 2.23. The summed E-state index contributed by atoms with van der Waals surface area (Å²) in [5.74, 6) is -1.02. The van der Waals surface area contributed by atoms with E-state index in [0.29, 0.717) is 28.7 Å². The smallest absolute Gasteiger partial charge is 0.346 e. The van der Waals surface area contributed by atoms with Gasteiger partial charge >= 0.3 is 5.97 Å². The average molecular weight is 364 g/mol. The Hall–Kier alpha value is -2.93. The predicted molar refractivity (Wildman–Crippen MR) is 98.8 cm³/mol. The number of hydrogen-bond donors (Lipinski definition) is 1. The van der Waals surface area contributed by atoms with Crippen LogP contribution in [0.2, 0.25) is 0 Å². The van der Waals surface area contributed by atoms with E-state index in [4.69, 9.17) is 5.26 Å². The van der Waals surface area contributed by atoms with E-state index in [0.717, 1.165) is 26.7 Å². The SMILES string of the molecule is CCc1sc(C(=O)O)c(-c2ccc(-c3sccc3C#N)cc2)c1C#N. The molecule has 0 unspecified atom stereocenters. The first kappa shape index (κ1) is 16.9. The molecule has 1 aromatic carbocycles. The Labute approximate surface area is 152 Å². The highest BCUT2D eigenvalue weighted by atomic mass is 32.1. The molecule has 0 amide bonds. The van der Waals surface area contributed by atoms with Gasteiger partial charge in [-0.15, -0.1) is 22.7 Å². The maximum absolute atomic E-state index is 11.6. The number of aryl methyl sites for hydroxylation is 1. The molecule has 0 spiro atoms. The number of aromatic carboxylic acids is 1. The molecule has 2 heterocycles. The number of thiophene rings is 2. The van der Waals surface area contributed by atoms with Crippen molar-refractivity contribution in [2.24, 2.45) is 0 Å². The fourth-order valence-electron chi connectivity index (χ4n) is 2.68. The zero-order valence-electron chi connectivity index (χ0n) is 13.2. The van der Waals surface area contributed by atoms with Gasteiger partial charge in [0, 0.05) is 10.4 Å². The summed E-state index contributed by atoms with van der Waals surface area (Å²) in [7, 11) is 0. The standard InChI is InChI=1S/C19H12N2O2S2/c1-2-15-14(10-21)16(18(25-15)19(22)23)11-3-5-12(6-4-11)17-13(9-20)7-8-24-17/h3-8H,2H2,1H3,(H,22,23). The second-order valence-electron chi connectivity index (χ2n) is 5.23.